The fraction of sp³-hybridized carbons (Fsp3) is 0.538. The normalized spacial score (nSPS) is 22.5. The second-order valence-electron chi connectivity index (χ2n) is 4.44. The van der Waals surface area contributed by atoms with E-state index in [2.05, 4.69) is 0 Å². The van der Waals surface area contributed by atoms with Crippen LogP contribution in [0.2, 0.25) is 0 Å². The highest BCUT2D eigenvalue weighted by Gasteiger charge is 2.28. The van der Waals surface area contributed by atoms with Gasteiger partial charge < -0.3 is 5.11 Å². The van der Waals surface area contributed by atoms with Crippen molar-refractivity contribution in [2.24, 2.45) is 0 Å². The van der Waals surface area contributed by atoms with Gasteiger partial charge in [0.15, 0.2) is 0 Å². The summed E-state index contributed by atoms with van der Waals surface area (Å²) in [4.78, 5) is 0. The Balaban J connectivity index is 2.29. The van der Waals surface area contributed by atoms with Crippen LogP contribution in [0.5, 0.6) is 0 Å². The van der Waals surface area contributed by atoms with Crippen molar-refractivity contribution in [3.05, 3.63) is 34.9 Å². The minimum absolute atomic E-state index is 0.0884. The lowest BCUT2D eigenvalue weighted by Gasteiger charge is -2.27. The van der Waals surface area contributed by atoms with Crippen molar-refractivity contribution < 1.29 is 13.9 Å². The summed E-state index contributed by atoms with van der Waals surface area (Å²) in [6.07, 6.45) is 1.91. The number of aliphatic hydroxyl groups is 1. The van der Waals surface area contributed by atoms with Gasteiger partial charge in [-0.15, -0.1) is 0 Å². The maximum Gasteiger partial charge on any atom is 0.134 e. The van der Waals surface area contributed by atoms with E-state index in [4.69, 9.17) is 0 Å². The SMILES string of the molecule is Cc1ccc(F)c(C(O)C2CCCCS2)c1F. The van der Waals surface area contributed by atoms with Crippen LogP contribution in [0.4, 0.5) is 8.78 Å². The molecule has 94 valence electrons. The van der Waals surface area contributed by atoms with Gasteiger partial charge in [0.1, 0.15) is 11.6 Å². The van der Waals surface area contributed by atoms with Crippen LogP contribution in [0, 0.1) is 18.6 Å². The van der Waals surface area contributed by atoms with Crippen molar-refractivity contribution in [2.45, 2.75) is 37.5 Å². The van der Waals surface area contributed by atoms with Crippen molar-refractivity contribution in [1.82, 2.24) is 0 Å². The van der Waals surface area contributed by atoms with E-state index in [1.54, 1.807) is 18.7 Å². The molecule has 1 heterocycles. The molecular formula is C13H16F2OS. The lowest BCUT2D eigenvalue weighted by atomic mass is 9.99. The number of hydrogen-bond donors (Lipinski definition) is 1. The minimum Gasteiger partial charge on any atom is -0.387 e. The van der Waals surface area contributed by atoms with Crippen LogP contribution in [0.15, 0.2) is 12.1 Å². The Morgan fingerprint density at radius 3 is 2.76 bits per heavy atom. The fourth-order valence-electron chi connectivity index (χ4n) is 2.15. The van der Waals surface area contributed by atoms with E-state index in [0.717, 1.165) is 25.0 Å². The molecule has 1 nitrogen and oxygen atoms in total. The average molecular weight is 258 g/mol. The summed E-state index contributed by atoms with van der Waals surface area (Å²) in [6, 6.07) is 2.62. The number of thioether (sulfide) groups is 1. The van der Waals surface area contributed by atoms with Crippen molar-refractivity contribution in [3.8, 4) is 0 Å². The fourth-order valence-corrected chi connectivity index (χ4v) is 3.48. The van der Waals surface area contributed by atoms with E-state index >= 15 is 0 Å². The standard InChI is InChI=1S/C13H16F2OS/c1-8-5-6-9(14)11(12(8)15)13(16)10-4-2-3-7-17-10/h5-6,10,13,16H,2-4,7H2,1H3. The summed E-state index contributed by atoms with van der Waals surface area (Å²) in [5.74, 6) is -0.299. The molecule has 0 aromatic heterocycles. The Labute approximate surface area is 104 Å². The number of rotatable bonds is 2. The minimum atomic E-state index is -1.04. The van der Waals surface area contributed by atoms with Crippen molar-refractivity contribution in [3.63, 3.8) is 0 Å². The first-order chi connectivity index (χ1) is 8.11. The van der Waals surface area contributed by atoms with Crippen molar-refractivity contribution in [2.75, 3.05) is 5.75 Å². The number of halogens is 2. The van der Waals surface area contributed by atoms with Crippen LogP contribution in [0.1, 0.15) is 36.5 Å². The third kappa shape index (κ3) is 2.63. The molecule has 17 heavy (non-hydrogen) atoms. The molecular weight excluding hydrogens is 242 g/mol. The van der Waals surface area contributed by atoms with Crippen molar-refractivity contribution in [1.29, 1.82) is 0 Å². The van der Waals surface area contributed by atoms with E-state index in [1.807, 2.05) is 0 Å². The zero-order valence-electron chi connectivity index (χ0n) is 9.75. The number of benzene rings is 1. The molecule has 1 N–H and O–H groups in total. The summed E-state index contributed by atoms with van der Waals surface area (Å²) in [7, 11) is 0. The Kier molecular flexibility index (Phi) is 4.05. The Bertz CT molecular complexity index is 403. The topological polar surface area (TPSA) is 20.2 Å². The monoisotopic (exact) mass is 258 g/mol. The highest BCUT2D eigenvalue weighted by atomic mass is 32.2. The number of hydrogen-bond acceptors (Lipinski definition) is 2. The molecule has 2 atom stereocenters. The van der Waals surface area contributed by atoms with E-state index < -0.39 is 17.7 Å². The van der Waals surface area contributed by atoms with Gasteiger partial charge in [-0.2, -0.15) is 11.8 Å². The van der Waals surface area contributed by atoms with Gasteiger partial charge in [-0.1, -0.05) is 12.5 Å². The van der Waals surface area contributed by atoms with Crippen LogP contribution >= 0.6 is 11.8 Å². The molecule has 0 spiro atoms. The predicted molar refractivity (Wildman–Crippen MR) is 66.2 cm³/mol. The highest BCUT2D eigenvalue weighted by Crippen LogP contribution is 2.36. The zero-order valence-corrected chi connectivity index (χ0v) is 10.6. The molecule has 1 fully saturated rings. The summed E-state index contributed by atoms with van der Waals surface area (Å²) >= 11 is 1.61. The lowest BCUT2D eigenvalue weighted by Crippen LogP contribution is -2.21. The van der Waals surface area contributed by atoms with Crippen molar-refractivity contribution >= 4 is 11.8 Å². The highest BCUT2D eigenvalue weighted by molar-refractivity contribution is 7.99. The van der Waals surface area contributed by atoms with E-state index in [1.165, 1.54) is 12.1 Å². The van der Waals surface area contributed by atoms with E-state index in [0.29, 0.717) is 5.56 Å². The molecule has 1 aromatic carbocycles. The molecule has 2 unspecified atom stereocenters. The molecule has 1 aliphatic rings. The first-order valence-electron chi connectivity index (χ1n) is 5.85. The summed E-state index contributed by atoms with van der Waals surface area (Å²) in [6.45, 7) is 1.58. The molecule has 0 saturated carbocycles. The molecule has 1 aliphatic heterocycles. The van der Waals surface area contributed by atoms with Gasteiger partial charge in [-0.05, 0) is 37.1 Å². The van der Waals surface area contributed by atoms with Gasteiger partial charge in [0.05, 0.1) is 11.7 Å². The Morgan fingerprint density at radius 2 is 2.12 bits per heavy atom. The number of aryl methyl sites for hydroxylation is 1. The molecule has 1 aromatic rings. The van der Waals surface area contributed by atoms with Crippen LogP contribution in [-0.2, 0) is 0 Å². The van der Waals surface area contributed by atoms with Crippen LogP contribution < -0.4 is 0 Å². The van der Waals surface area contributed by atoms with Gasteiger partial charge in [-0.25, -0.2) is 8.78 Å². The quantitative estimate of drug-likeness (QED) is 0.874. The van der Waals surface area contributed by atoms with Gasteiger partial charge >= 0.3 is 0 Å². The Hall–Kier alpha value is -0.610. The maximum absolute atomic E-state index is 13.9. The molecule has 0 aliphatic carbocycles. The second-order valence-corrected chi connectivity index (χ2v) is 5.79. The maximum atomic E-state index is 13.9. The molecule has 4 heteroatoms. The molecule has 0 radical (unpaired) electrons. The van der Waals surface area contributed by atoms with Gasteiger partial charge in [0.25, 0.3) is 0 Å². The molecule has 0 amide bonds. The zero-order chi connectivity index (χ0) is 12.4. The third-order valence-electron chi connectivity index (χ3n) is 3.18. The number of aliphatic hydroxyl groups excluding tert-OH is 1. The first-order valence-corrected chi connectivity index (χ1v) is 6.90. The first kappa shape index (κ1) is 12.8. The summed E-state index contributed by atoms with van der Waals surface area (Å²) in [5.41, 5.74) is 0.214. The summed E-state index contributed by atoms with van der Waals surface area (Å²) < 4.78 is 27.5. The van der Waals surface area contributed by atoms with Gasteiger partial charge in [-0.3, -0.25) is 0 Å². The van der Waals surface area contributed by atoms with Crippen LogP contribution in [0.25, 0.3) is 0 Å². The smallest absolute Gasteiger partial charge is 0.134 e. The van der Waals surface area contributed by atoms with Crippen LogP contribution in [-0.4, -0.2) is 16.1 Å². The molecule has 2 rings (SSSR count). The lowest BCUT2D eigenvalue weighted by molar-refractivity contribution is 0.159. The van der Waals surface area contributed by atoms with E-state index in [9.17, 15) is 13.9 Å². The molecule has 1 saturated heterocycles. The second kappa shape index (κ2) is 5.36. The molecule has 0 bridgehead atoms. The van der Waals surface area contributed by atoms with Gasteiger partial charge in [0, 0.05) is 5.25 Å². The summed E-state index contributed by atoms with van der Waals surface area (Å²) in [5, 5.41) is 10.0. The van der Waals surface area contributed by atoms with Gasteiger partial charge in [0.2, 0.25) is 0 Å². The largest absolute Gasteiger partial charge is 0.387 e. The average Bonchev–Trinajstić information content (AvgIpc) is 2.35. The Morgan fingerprint density at radius 1 is 1.35 bits per heavy atom. The predicted octanol–water partition coefficient (Wildman–Crippen LogP) is 3.59. The van der Waals surface area contributed by atoms with Crippen LogP contribution in [0.3, 0.4) is 0 Å². The van der Waals surface area contributed by atoms with E-state index in [-0.39, 0.29) is 10.8 Å². The third-order valence-corrected chi connectivity index (χ3v) is 4.63.